The molecule has 0 atom stereocenters. The molecular formula is C8H10N4S. The minimum Gasteiger partial charge on any atom is -0.316 e. The monoisotopic (exact) mass is 194 g/mol. The van der Waals surface area contributed by atoms with Crippen molar-refractivity contribution in [2.75, 3.05) is 12.3 Å². The van der Waals surface area contributed by atoms with Gasteiger partial charge in [0.05, 0.1) is 12.2 Å². The lowest BCUT2D eigenvalue weighted by Gasteiger charge is -2.13. The summed E-state index contributed by atoms with van der Waals surface area (Å²) < 4.78 is 2.15. The Balaban J connectivity index is 2.18. The highest BCUT2D eigenvalue weighted by molar-refractivity contribution is 7.98. The van der Waals surface area contributed by atoms with E-state index in [0.717, 1.165) is 36.1 Å². The van der Waals surface area contributed by atoms with Crippen LogP contribution in [0.2, 0.25) is 0 Å². The minimum atomic E-state index is 0.519. The fourth-order valence-electron chi connectivity index (χ4n) is 1.40. The molecule has 0 radical (unpaired) electrons. The fourth-order valence-corrected chi connectivity index (χ4v) is 2.25. The predicted molar refractivity (Wildman–Crippen MR) is 51.4 cm³/mol. The fraction of sp³-hybridized carbons (Fsp3) is 0.625. The third-order valence-electron chi connectivity index (χ3n) is 2.04. The number of rotatable bonds is 2. The van der Waals surface area contributed by atoms with Gasteiger partial charge in [-0.05, 0) is 0 Å². The van der Waals surface area contributed by atoms with E-state index in [9.17, 15) is 0 Å². The highest BCUT2D eigenvalue weighted by atomic mass is 32.2. The van der Waals surface area contributed by atoms with Gasteiger partial charge >= 0.3 is 0 Å². The van der Waals surface area contributed by atoms with Crippen LogP contribution in [-0.2, 0) is 18.7 Å². The molecule has 1 aromatic heterocycles. The zero-order chi connectivity index (χ0) is 9.10. The van der Waals surface area contributed by atoms with Gasteiger partial charge < -0.3 is 9.41 Å². The van der Waals surface area contributed by atoms with E-state index in [2.05, 4.69) is 19.6 Å². The molecule has 1 aliphatic rings. The van der Waals surface area contributed by atoms with E-state index < -0.39 is 0 Å². The lowest BCUT2D eigenvalue weighted by molar-refractivity contribution is 0.674. The Morgan fingerprint density at radius 1 is 1.54 bits per heavy atom. The minimum absolute atomic E-state index is 0.519. The van der Waals surface area contributed by atoms with E-state index in [1.54, 1.807) is 0 Å². The first kappa shape index (κ1) is 8.57. The lowest BCUT2D eigenvalue weighted by atomic mass is 10.4. The average molecular weight is 194 g/mol. The maximum atomic E-state index is 6.71. The molecule has 0 unspecified atom stereocenters. The van der Waals surface area contributed by atoms with Gasteiger partial charge in [-0.2, -0.15) is 11.8 Å². The third-order valence-corrected chi connectivity index (χ3v) is 2.98. The van der Waals surface area contributed by atoms with Gasteiger partial charge in [0.25, 0.3) is 0 Å². The molecule has 13 heavy (non-hydrogen) atoms. The molecule has 0 bridgehead atoms. The molecule has 0 aliphatic carbocycles. The molecule has 5 heteroatoms. The summed E-state index contributed by atoms with van der Waals surface area (Å²) >= 11 is 1.89. The normalized spacial score (nSPS) is 15.0. The Kier molecular flexibility index (Phi) is 2.50. The lowest BCUT2D eigenvalue weighted by Crippen LogP contribution is -2.14. The quantitative estimate of drug-likeness (QED) is 0.658. The maximum absolute atomic E-state index is 6.71. The van der Waals surface area contributed by atoms with Crippen LogP contribution in [0.5, 0.6) is 0 Å². The first-order valence-corrected chi connectivity index (χ1v) is 5.39. The number of hydrogen-bond acceptors (Lipinski definition) is 3. The summed E-state index contributed by atoms with van der Waals surface area (Å²) in [5, 5.41) is 8.19. The Morgan fingerprint density at radius 3 is 3.31 bits per heavy atom. The van der Waals surface area contributed by atoms with Crippen LogP contribution >= 0.6 is 11.8 Å². The highest BCUT2D eigenvalue weighted by Gasteiger charge is 2.15. The van der Waals surface area contributed by atoms with Gasteiger partial charge in [-0.15, -0.1) is 10.2 Å². The van der Waals surface area contributed by atoms with Gasteiger partial charge in [0.15, 0.2) is 0 Å². The van der Waals surface area contributed by atoms with Gasteiger partial charge in [-0.3, -0.25) is 0 Å². The number of fused-ring (bicyclic) bond motifs is 1. The molecule has 2 rings (SSSR count). The molecule has 4 nitrogen and oxygen atoms in total. The van der Waals surface area contributed by atoms with E-state index in [-0.39, 0.29) is 0 Å². The van der Waals surface area contributed by atoms with Crippen LogP contribution in [0.25, 0.3) is 4.85 Å². The summed E-state index contributed by atoms with van der Waals surface area (Å²) in [7, 11) is 0. The van der Waals surface area contributed by atoms with E-state index >= 15 is 0 Å². The summed E-state index contributed by atoms with van der Waals surface area (Å²) in [6.07, 6.45) is 0.737. The molecule has 68 valence electrons. The Morgan fingerprint density at radius 2 is 2.46 bits per heavy atom. The molecule has 0 saturated heterocycles. The third kappa shape index (κ3) is 1.68. The summed E-state index contributed by atoms with van der Waals surface area (Å²) in [4.78, 5) is 3.32. The van der Waals surface area contributed by atoms with Crippen LogP contribution < -0.4 is 0 Å². The van der Waals surface area contributed by atoms with Crippen molar-refractivity contribution in [3.8, 4) is 0 Å². The van der Waals surface area contributed by atoms with Crippen molar-refractivity contribution in [2.24, 2.45) is 0 Å². The van der Waals surface area contributed by atoms with E-state index in [0.29, 0.717) is 6.54 Å². The first-order valence-electron chi connectivity index (χ1n) is 4.23. The molecule has 0 N–H and O–H groups in total. The average Bonchev–Trinajstić information content (AvgIpc) is 2.58. The second kappa shape index (κ2) is 3.79. The predicted octanol–water partition coefficient (Wildman–Crippen LogP) is 0.987. The number of thioether (sulfide) groups is 1. The zero-order valence-electron chi connectivity index (χ0n) is 7.23. The van der Waals surface area contributed by atoms with Crippen LogP contribution in [0.4, 0.5) is 0 Å². The SMILES string of the molecule is [C-]#[N+]CCc1nnc2n1CCSC2. The second-order valence-corrected chi connectivity index (χ2v) is 3.97. The second-order valence-electron chi connectivity index (χ2n) is 2.87. The molecular weight excluding hydrogens is 184 g/mol. The standard InChI is InChI=1S/C8H10N4S/c1-9-3-2-7-10-11-8-6-13-5-4-12(7)8/h2-6H2. The van der Waals surface area contributed by atoms with Crippen LogP contribution in [0.15, 0.2) is 0 Å². The Hall–Kier alpha value is -1.02. The zero-order valence-corrected chi connectivity index (χ0v) is 8.05. The largest absolute Gasteiger partial charge is 0.316 e. The van der Waals surface area contributed by atoms with Gasteiger partial charge in [0.1, 0.15) is 11.6 Å². The van der Waals surface area contributed by atoms with Crippen molar-refractivity contribution in [1.82, 2.24) is 14.8 Å². The highest BCUT2D eigenvalue weighted by Crippen LogP contribution is 2.18. The van der Waals surface area contributed by atoms with Crippen molar-refractivity contribution in [2.45, 2.75) is 18.7 Å². The van der Waals surface area contributed by atoms with E-state index in [4.69, 9.17) is 6.57 Å². The summed E-state index contributed by atoms with van der Waals surface area (Å²) in [5.74, 6) is 4.14. The van der Waals surface area contributed by atoms with E-state index in [1.807, 2.05) is 11.8 Å². The van der Waals surface area contributed by atoms with Gasteiger partial charge in [-0.1, -0.05) is 0 Å². The van der Waals surface area contributed by atoms with Crippen molar-refractivity contribution in [1.29, 1.82) is 0 Å². The van der Waals surface area contributed by atoms with Crippen molar-refractivity contribution in [3.63, 3.8) is 0 Å². The molecule has 1 aliphatic heterocycles. The topological polar surface area (TPSA) is 35.1 Å². The van der Waals surface area contributed by atoms with Crippen LogP contribution in [0.3, 0.4) is 0 Å². The summed E-state index contributed by atoms with van der Waals surface area (Å²) in [6.45, 7) is 8.23. The van der Waals surface area contributed by atoms with Gasteiger partial charge in [0.2, 0.25) is 6.54 Å². The first-order chi connectivity index (χ1) is 6.42. The summed E-state index contributed by atoms with van der Waals surface area (Å²) in [5.41, 5.74) is 0. The van der Waals surface area contributed by atoms with E-state index in [1.165, 1.54) is 0 Å². The number of aromatic nitrogens is 3. The van der Waals surface area contributed by atoms with Gasteiger partial charge in [-0.25, -0.2) is 6.57 Å². The molecule has 0 spiro atoms. The molecule has 0 amide bonds. The van der Waals surface area contributed by atoms with Crippen LogP contribution in [0, 0.1) is 6.57 Å². The molecule has 1 aromatic rings. The molecule has 0 fully saturated rings. The molecule has 0 saturated carbocycles. The number of nitrogens with zero attached hydrogens (tertiary/aromatic N) is 4. The number of hydrogen-bond donors (Lipinski definition) is 0. The molecule has 2 heterocycles. The van der Waals surface area contributed by atoms with Crippen LogP contribution in [0.1, 0.15) is 11.6 Å². The summed E-state index contributed by atoms with van der Waals surface area (Å²) in [6, 6.07) is 0. The molecule has 0 aromatic carbocycles. The maximum Gasteiger partial charge on any atom is 0.221 e. The smallest absolute Gasteiger partial charge is 0.221 e. The van der Waals surface area contributed by atoms with Crippen molar-refractivity contribution < 1.29 is 0 Å². The van der Waals surface area contributed by atoms with Crippen molar-refractivity contribution in [3.05, 3.63) is 23.1 Å². The van der Waals surface area contributed by atoms with Crippen molar-refractivity contribution >= 4 is 11.8 Å². The Bertz CT molecular complexity index is 338. The Labute approximate surface area is 81.2 Å². The van der Waals surface area contributed by atoms with Crippen LogP contribution in [-0.4, -0.2) is 27.1 Å². The van der Waals surface area contributed by atoms with Gasteiger partial charge in [0, 0.05) is 12.3 Å².